The molecule has 1 amide bonds. The topological polar surface area (TPSA) is 104 Å². The van der Waals surface area contributed by atoms with Crippen molar-refractivity contribution in [2.45, 2.75) is 19.3 Å². The summed E-state index contributed by atoms with van der Waals surface area (Å²) in [6.07, 6.45) is 5.26. The summed E-state index contributed by atoms with van der Waals surface area (Å²) in [5, 5.41) is 5.03. The number of rotatable bonds is 2. The quantitative estimate of drug-likeness (QED) is 0.592. The fourth-order valence-corrected chi connectivity index (χ4v) is 4.60. The minimum absolute atomic E-state index is 0.168. The number of anilines is 1. The Morgan fingerprint density at radius 1 is 1.25 bits per heavy atom. The third-order valence-electron chi connectivity index (χ3n) is 5.92. The predicted molar refractivity (Wildman–Crippen MR) is 111 cm³/mol. The SMILES string of the molecule is CN.O=Cc1cnc(N2CCCC3(CCNC3=O)C2)c2c1[nH]c1ccccc12. The molecule has 2 aromatic heterocycles. The van der Waals surface area contributed by atoms with E-state index in [-0.39, 0.29) is 11.3 Å². The van der Waals surface area contributed by atoms with Gasteiger partial charge in [-0.25, -0.2) is 4.98 Å². The molecule has 0 bridgehead atoms. The van der Waals surface area contributed by atoms with Crippen molar-refractivity contribution in [1.82, 2.24) is 15.3 Å². The number of hydrogen-bond donors (Lipinski definition) is 3. The molecule has 28 heavy (non-hydrogen) atoms. The van der Waals surface area contributed by atoms with Gasteiger partial charge in [-0.1, -0.05) is 18.2 Å². The molecule has 1 spiro atoms. The zero-order chi connectivity index (χ0) is 19.7. The van der Waals surface area contributed by atoms with Crippen LogP contribution >= 0.6 is 0 Å². The molecule has 1 aromatic carbocycles. The molecule has 146 valence electrons. The summed E-state index contributed by atoms with van der Waals surface area (Å²) in [5.74, 6) is 1.03. The molecule has 3 aromatic rings. The predicted octanol–water partition coefficient (Wildman–Crippen LogP) is 2.21. The number of aromatic nitrogens is 2. The minimum atomic E-state index is -0.304. The number of aldehydes is 1. The fraction of sp³-hybridized carbons (Fsp3) is 0.381. The first kappa shape index (κ1) is 18.4. The van der Waals surface area contributed by atoms with Crippen molar-refractivity contribution in [3.8, 4) is 0 Å². The molecular formula is C21H25N5O2. The van der Waals surface area contributed by atoms with Gasteiger partial charge in [-0.3, -0.25) is 9.59 Å². The number of carbonyl (C=O) groups is 2. The highest BCUT2D eigenvalue weighted by atomic mass is 16.2. The van der Waals surface area contributed by atoms with E-state index in [2.05, 4.69) is 32.0 Å². The van der Waals surface area contributed by atoms with Crippen LogP contribution in [-0.2, 0) is 4.79 Å². The number of para-hydroxylation sites is 1. The molecule has 2 saturated heterocycles. The first-order chi connectivity index (χ1) is 13.7. The molecule has 7 heteroatoms. The summed E-state index contributed by atoms with van der Waals surface area (Å²) < 4.78 is 0. The fourth-order valence-electron chi connectivity index (χ4n) is 4.60. The van der Waals surface area contributed by atoms with E-state index in [0.29, 0.717) is 12.1 Å². The van der Waals surface area contributed by atoms with Crippen molar-refractivity contribution < 1.29 is 9.59 Å². The van der Waals surface area contributed by atoms with Crippen LogP contribution in [0.2, 0.25) is 0 Å². The van der Waals surface area contributed by atoms with Crippen molar-refractivity contribution in [3.63, 3.8) is 0 Å². The van der Waals surface area contributed by atoms with E-state index >= 15 is 0 Å². The lowest BCUT2D eigenvalue weighted by Crippen LogP contribution is -2.47. The summed E-state index contributed by atoms with van der Waals surface area (Å²) in [6.45, 7) is 2.31. The second-order valence-electron chi connectivity index (χ2n) is 7.39. The Morgan fingerprint density at radius 3 is 2.82 bits per heavy atom. The molecule has 1 atom stereocenters. The van der Waals surface area contributed by atoms with Gasteiger partial charge in [0.25, 0.3) is 0 Å². The largest absolute Gasteiger partial charge is 0.356 e. The Bertz CT molecular complexity index is 1040. The summed E-state index contributed by atoms with van der Waals surface area (Å²) in [5.41, 5.74) is 6.57. The summed E-state index contributed by atoms with van der Waals surface area (Å²) in [6, 6.07) is 8.03. The lowest BCUT2D eigenvalue weighted by atomic mass is 9.78. The molecule has 0 saturated carbocycles. The molecule has 4 heterocycles. The molecule has 2 fully saturated rings. The van der Waals surface area contributed by atoms with E-state index < -0.39 is 0 Å². The van der Waals surface area contributed by atoms with Gasteiger partial charge in [0.1, 0.15) is 5.82 Å². The highest BCUT2D eigenvalue weighted by Crippen LogP contribution is 2.41. The smallest absolute Gasteiger partial charge is 0.228 e. The number of hydrogen-bond acceptors (Lipinski definition) is 5. The standard InChI is InChI=1S/C20H20N4O2.CH5N/c25-11-13-10-22-18(16-14-4-1-2-5-15(14)23-17(13)16)24-9-3-6-20(12-24)7-8-21-19(20)26;1-2/h1-2,4-5,10-11,23H,3,6-9,12H2,(H,21,26);2H2,1H3. The number of nitrogens with one attached hydrogen (secondary N) is 2. The lowest BCUT2D eigenvalue weighted by Gasteiger charge is -2.39. The van der Waals surface area contributed by atoms with Crippen LogP contribution in [0.5, 0.6) is 0 Å². The van der Waals surface area contributed by atoms with E-state index in [1.54, 1.807) is 6.20 Å². The van der Waals surface area contributed by atoms with Gasteiger partial charge in [0.05, 0.1) is 21.9 Å². The molecule has 2 aliphatic heterocycles. The number of carbonyl (C=O) groups excluding carboxylic acids is 2. The average molecular weight is 379 g/mol. The number of pyridine rings is 1. The summed E-state index contributed by atoms with van der Waals surface area (Å²) >= 11 is 0. The highest BCUT2D eigenvalue weighted by molar-refractivity contribution is 6.16. The van der Waals surface area contributed by atoms with Crippen LogP contribution in [-0.4, -0.2) is 48.8 Å². The van der Waals surface area contributed by atoms with Crippen LogP contribution in [0.25, 0.3) is 21.8 Å². The normalized spacial score (nSPS) is 21.6. The van der Waals surface area contributed by atoms with Crippen molar-refractivity contribution in [1.29, 1.82) is 0 Å². The number of H-pyrrole nitrogens is 1. The van der Waals surface area contributed by atoms with Gasteiger partial charge in [-0.15, -0.1) is 0 Å². The van der Waals surface area contributed by atoms with Gasteiger partial charge in [0, 0.05) is 36.7 Å². The van der Waals surface area contributed by atoms with Gasteiger partial charge >= 0.3 is 0 Å². The maximum Gasteiger partial charge on any atom is 0.228 e. The molecule has 0 radical (unpaired) electrons. The molecule has 7 nitrogen and oxygen atoms in total. The van der Waals surface area contributed by atoms with Crippen LogP contribution in [0.3, 0.4) is 0 Å². The molecule has 0 aliphatic carbocycles. The number of nitrogens with two attached hydrogens (primary N) is 1. The molecule has 5 rings (SSSR count). The van der Waals surface area contributed by atoms with Crippen molar-refractivity contribution in [3.05, 3.63) is 36.0 Å². The zero-order valence-corrected chi connectivity index (χ0v) is 16.0. The third-order valence-corrected chi connectivity index (χ3v) is 5.92. The summed E-state index contributed by atoms with van der Waals surface area (Å²) in [4.78, 5) is 34.2. The average Bonchev–Trinajstić information content (AvgIpc) is 3.30. The van der Waals surface area contributed by atoms with Crippen molar-refractivity contribution in [2.75, 3.05) is 31.6 Å². The van der Waals surface area contributed by atoms with Gasteiger partial charge in [0.15, 0.2) is 6.29 Å². The highest BCUT2D eigenvalue weighted by Gasteiger charge is 2.45. The first-order valence-corrected chi connectivity index (χ1v) is 9.67. The molecule has 4 N–H and O–H groups in total. The number of piperidine rings is 1. The van der Waals surface area contributed by atoms with Gasteiger partial charge in [-0.05, 0) is 32.4 Å². The molecule has 1 unspecified atom stereocenters. The zero-order valence-electron chi connectivity index (χ0n) is 16.0. The monoisotopic (exact) mass is 379 g/mol. The Balaban J connectivity index is 0.000000932. The van der Waals surface area contributed by atoms with Crippen molar-refractivity contribution >= 4 is 39.8 Å². The number of nitrogens with zero attached hydrogens (tertiary/aromatic N) is 2. The van der Waals surface area contributed by atoms with Crippen LogP contribution < -0.4 is 16.0 Å². The molecule has 2 aliphatic rings. The lowest BCUT2D eigenvalue weighted by molar-refractivity contribution is -0.128. The number of benzene rings is 1. The number of amides is 1. The number of fused-ring (bicyclic) bond motifs is 3. The van der Waals surface area contributed by atoms with Crippen LogP contribution in [0.4, 0.5) is 5.82 Å². The van der Waals surface area contributed by atoms with E-state index in [1.807, 2.05) is 18.2 Å². The van der Waals surface area contributed by atoms with Gasteiger partial charge in [-0.2, -0.15) is 0 Å². The Morgan fingerprint density at radius 2 is 2.07 bits per heavy atom. The minimum Gasteiger partial charge on any atom is -0.356 e. The van der Waals surface area contributed by atoms with Crippen LogP contribution in [0.15, 0.2) is 30.5 Å². The Labute approximate surface area is 163 Å². The number of aromatic amines is 1. The second-order valence-corrected chi connectivity index (χ2v) is 7.39. The summed E-state index contributed by atoms with van der Waals surface area (Å²) in [7, 11) is 1.50. The van der Waals surface area contributed by atoms with Crippen molar-refractivity contribution in [2.24, 2.45) is 11.1 Å². The maximum absolute atomic E-state index is 12.4. The van der Waals surface area contributed by atoms with Crippen LogP contribution in [0, 0.1) is 5.41 Å². The van der Waals surface area contributed by atoms with E-state index in [0.717, 1.165) is 66.3 Å². The third kappa shape index (κ3) is 2.74. The Hall–Kier alpha value is -2.93. The molecular weight excluding hydrogens is 354 g/mol. The van der Waals surface area contributed by atoms with E-state index in [4.69, 9.17) is 0 Å². The van der Waals surface area contributed by atoms with Crippen LogP contribution in [0.1, 0.15) is 29.6 Å². The Kier molecular flexibility index (Phi) is 4.77. The van der Waals surface area contributed by atoms with E-state index in [1.165, 1.54) is 7.05 Å². The van der Waals surface area contributed by atoms with Gasteiger partial charge < -0.3 is 20.9 Å². The second kappa shape index (κ2) is 7.24. The first-order valence-electron chi connectivity index (χ1n) is 9.67. The van der Waals surface area contributed by atoms with Gasteiger partial charge in [0.2, 0.25) is 5.91 Å². The maximum atomic E-state index is 12.4. The van der Waals surface area contributed by atoms with E-state index in [9.17, 15) is 9.59 Å².